The van der Waals surface area contributed by atoms with Crippen molar-refractivity contribution in [1.29, 1.82) is 0 Å². The molecule has 0 saturated carbocycles. The zero-order valence-electron chi connectivity index (χ0n) is 10.8. The molecule has 0 aliphatic carbocycles. The van der Waals surface area contributed by atoms with Gasteiger partial charge in [-0.1, -0.05) is 29.8 Å². The first kappa shape index (κ1) is 12.6. The normalized spacial score (nSPS) is 10.4. The maximum atomic E-state index is 9.12. The molecular weight excluding hydrogens is 224 g/mol. The highest BCUT2D eigenvalue weighted by Gasteiger charge is 2.04. The molecule has 0 aliphatic rings. The monoisotopic (exact) mass is 242 g/mol. The molecule has 3 nitrogen and oxygen atoms in total. The third-order valence-corrected chi connectivity index (χ3v) is 2.89. The molecule has 18 heavy (non-hydrogen) atoms. The average Bonchev–Trinajstić information content (AvgIpc) is 2.39. The van der Waals surface area contributed by atoms with Crippen LogP contribution in [0.1, 0.15) is 16.7 Å². The Bertz CT molecular complexity index is 525. The van der Waals surface area contributed by atoms with Crippen molar-refractivity contribution < 1.29 is 5.11 Å². The number of pyridine rings is 1. The van der Waals surface area contributed by atoms with Gasteiger partial charge in [0.1, 0.15) is 5.82 Å². The van der Waals surface area contributed by atoms with Crippen molar-refractivity contribution in [2.75, 3.05) is 11.9 Å². The van der Waals surface area contributed by atoms with Crippen LogP contribution in [0.3, 0.4) is 0 Å². The lowest BCUT2D eigenvalue weighted by molar-refractivity contribution is 0.281. The first-order valence-electron chi connectivity index (χ1n) is 6.01. The third kappa shape index (κ3) is 3.08. The second-order valence-electron chi connectivity index (χ2n) is 4.53. The Balaban J connectivity index is 2.13. The second kappa shape index (κ2) is 5.65. The van der Waals surface area contributed by atoms with E-state index in [4.69, 9.17) is 5.11 Å². The topological polar surface area (TPSA) is 36.4 Å². The lowest BCUT2D eigenvalue weighted by Gasteiger charge is -2.19. The lowest BCUT2D eigenvalue weighted by atomic mass is 10.1. The van der Waals surface area contributed by atoms with Crippen molar-refractivity contribution in [1.82, 2.24) is 4.98 Å². The fraction of sp³-hybridized carbons (Fsp3) is 0.267. The van der Waals surface area contributed by atoms with Crippen molar-refractivity contribution >= 4 is 5.82 Å². The van der Waals surface area contributed by atoms with Crippen LogP contribution in [0, 0.1) is 6.92 Å². The molecule has 2 rings (SSSR count). The third-order valence-electron chi connectivity index (χ3n) is 2.89. The molecule has 0 aliphatic heterocycles. The van der Waals surface area contributed by atoms with E-state index in [9.17, 15) is 0 Å². The average molecular weight is 242 g/mol. The van der Waals surface area contributed by atoms with Crippen LogP contribution >= 0.6 is 0 Å². The highest BCUT2D eigenvalue weighted by molar-refractivity contribution is 5.41. The van der Waals surface area contributed by atoms with Gasteiger partial charge in [-0.05, 0) is 30.2 Å². The van der Waals surface area contributed by atoms with Gasteiger partial charge in [-0.25, -0.2) is 4.98 Å². The van der Waals surface area contributed by atoms with Crippen LogP contribution in [-0.2, 0) is 13.2 Å². The Labute approximate surface area is 108 Å². The lowest BCUT2D eigenvalue weighted by Crippen LogP contribution is -2.17. The molecule has 1 aromatic carbocycles. The maximum absolute atomic E-state index is 9.12. The van der Waals surface area contributed by atoms with Gasteiger partial charge in [0.15, 0.2) is 0 Å². The number of anilines is 1. The first-order valence-corrected chi connectivity index (χ1v) is 6.01. The van der Waals surface area contributed by atoms with Gasteiger partial charge in [-0.2, -0.15) is 0 Å². The molecule has 0 saturated heterocycles. The van der Waals surface area contributed by atoms with E-state index in [2.05, 4.69) is 41.1 Å². The number of nitrogens with zero attached hydrogens (tertiary/aromatic N) is 2. The predicted molar refractivity (Wildman–Crippen MR) is 73.4 cm³/mol. The largest absolute Gasteiger partial charge is 0.392 e. The van der Waals surface area contributed by atoms with Crippen LogP contribution in [-0.4, -0.2) is 17.1 Å². The van der Waals surface area contributed by atoms with Crippen LogP contribution in [0.15, 0.2) is 42.6 Å². The van der Waals surface area contributed by atoms with Gasteiger partial charge in [0, 0.05) is 19.8 Å². The fourth-order valence-corrected chi connectivity index (χ4v) is 1.93. The summed E-state index contributed by atoms with van der Waals surface area (Å²) in [5.41, 5.74) is 3.41. The summed E-state index contributed by atoms with van der Waals surface area (Å²) in [6.07, 6.45) is 1.73. The fourth-order valence-electron chi connectivity index (χ4n) is 1.93. The van der Waals surface area contributed by atoms with Crippen LogP contribution in [0.25, 0.3) is 0 Å². The number of rotatable bonds is 4. The number of benzene rings is 1. The summed E-state index contributed by atoms with van der Waals surface area (Å²) in [6.45, 7) is 2.95. The quantitative estimate of drug-likeness (QED) is 0.895. The maximum Gasteiger partial charge on any atom is 0.128 e. The molecule has 94 valence electrons. The number of aryl methyl sites for hydroxylation is 1. The Morgan fingerprint density at radius 3 is 2.72 bits per heavy atom. The Kier molecular flexibility index (Phi) is 3.95. The van der Waals surface area contributed by atoms with Gasteiger partial charge in [0.2, 0.25) is 0 Å². The van der Waals surface area contributed by atoms with Crippen LogP contribution < -0.4 is 4.90 Å². The van der Waals surface area contributed by atoms with Crippen LogP contribution in [0.2, 0.25) is 0 Å². The Hall–Kier alpha value is -1.87. The smallest absolute Gasteiger partial charge is 0.128 e. The molecule has 1 aromatic heterocycles. The summed E-state index contributed by atoms with van der Waals surface area (Å²) in [5, 5.41) is 9.12. The Morgan fingerprint density at radius 1 is 1.17 bits per heavy atom. The van der Waals surface area contributed by atoms with Gasteiger partial charge in [0.25, 0.3) is 0 Å². The van der Waals surface area contributed by atoms with E-state index in [0.29, 0.717) is 0 Å². The van der Waals surface area contributed by atoms with Crippen molar-refractivity contribution in [3.63, 3.8) is 0 Å². The molecule has 3 heteroatoms. The number of hydrogen-bond acceptors (Lipinski definition) is 3. The highest BCUT2D eigenvalue weighted by Crippen LogP contribution is 2.15. The van der Waals surface area contributed by atoms with E-state index in [0.717, 1.165) is 17.9 Å². The van der Waals surface area contributed by atoms with E-state index in [1.54, 1.807) is 6.20 Å². The van der Waals surface area contributed by atoms with E-state index >= 15 is 0 Å². The van der Waals surface area contributed by atoms with Gasteiger partial charge in [-0.15, -0.1) is 0 Å². The molecule has 0 unspecified atom stereocenters. The van der Waals surface area contributed by atoms with E-state index in [-0.39, 0.29) is 6.61 Å². The van der Waals surface area contributed by atoms with E-state index in [1.807, 2.05) is 19.2 Å². The van der Waals surface area contributed by atoms with Gasteiger partial charge < -0.3 is 10.0 Å². The summed E-state index contributed by atoms with van der Waals surface area (Å²) >= 11 is 0. The van der Waals surface area contributed by atoms with Crippen molar-refractivity contribution in [3.05, 3.63) is 59.3 Å². The van der Waals surface area contributed by atoms with Gasteiger partial charge in [0.05, 0.1) is 6.61 Å². The SMILES string of the molecule is Cc1cccc(CN(C)c2cc(CO)ccn2)c1. The minimum Gasteiger partial charge on any atom is -0.392 e. The van der Waals surface area contributed by atoms with Crippen molar-refractivity contribution in [2.45, 2.75) is 20.1 Å². The Morgan fingerprint density at radius 2 is 2.00 bits per heavy atom. The van der Waals surface area contributed by atoms with Gasteiger partial charge in [-0.3, -0.25) is 0 Å². The van der Waals surface area contributed by atoms with Gasteiger partial charge >= 0.3 is 0 Å². The second-order valence-corrected chi connectivity index (χ2v) is 4.53. The predicted octanol–water partition coefficient (Wildman–Crippen LogP) is 2.52. The molecule has 0 spiro atoms. The summed E-state index contributed by atoms with van der Waals surface area (Å²) in [6, 6.07) is 12.2. The molecule has 1 N–H and O–H groups in total. The molecule has 0 atom stereocenters. The minimum absolute atomic E-state index is 0.0494. The minimum atomic E-state index is 0.0494. The molecule has 0 fully saturated rings. The number of aromatic nitrogens is 1. The summed E-state index contributed by atoms with van der Waals surface area (Å²) in [5.74, 6) is 0.878. The first-order chi connectivity index (χ1) is 8.69. The number of hydrogen-bond donors (Lipinski definition) is 1. The number of aliphatic hydroxyl groups is 1. The van der Waals surface area contributed by atoms with E-state index < -0.39 is 0 Å². The zero-order valence-corrected chi connectivity index (χ0v) is 10.8. The highest BCUT2D eigenvalue weighted by atomic mass is 16.3. The molecule has 2 aromatic rings. The molecule has 1 heterocycles. The number of aliphatic hydroxyl groups excluding tert-OH is 1. The molecular formula is C15H18N2O. The van der Waals surface area contributed by atoms with E-state index in [1.165, 1.54) is 11.1 Å². The zero-order chi connectivity index (χ0) is 13.0. The van der Waals surface area contributed by atoms with Crippen molar-refractivity contribution in [3.8, 4) is 0 Å². The molecule has 0 amide bonds. The van der Waals surface area contributed by atoms with Crippen molar-refractivity contribution in [2.24, 2.45) is 0 Å². The molecule has 0 bridgehead atoms. The summed E-state index contributed by atoms with van der Waals surface area (Å²) < 4.78 is 0. The molecule has 0 radical (unpaired) electrons. The van der Waals surface area contributed by atoms with Crippen LogP contribution in [0.5, 0.6) is 0 Å². The summed E-state index contributed by atoms with van der Waals surface area (Å²) in [4.78, 5) is 6.40. The standard InChI is InChI=1S/C15H18N2O/c1-12-4-3-5-13(8-12)10-17(2)15-9-14(11-18)6-7-16-15/h3-9,18H,10-11H2,1-2H3. The van der Waals surface area contributed by atoms with Crippen LogP contribution in [0.4, 0.5) is 5.82 Å². The summed E-state index contributed by atoms with van der Waals surface area (Å²) in [7, 11) is 2.01.